The first-order valence-electron chi connectivity index (χ1n) is 12.2. The molecule has 3 aromatic heterocycles. The summed E-state index contributed by atoms with van der Waals surface area (Å²) in [5.74, 6) is -2.07. The lowest BCUT2D eigenvalue weighted by Crippen LogP contribution is -2.11. The topological polar surface area (TPSA) is 172 Å². The number of carbonyl (C=O) groups excluding carboxylic acids is 1. The molecule has 2 aromatic carbocycles. The number of nitrogens with zero attached hydrogens (tertiary/aromatic N) is 3. The maximum absolute atomic E-state index is 11.7. The number of carboxylic acid groups (broad SMARTS) is 2. The van der Waals surface area contributed by atoms with Crippen LogP contribution in [0.15, 0.2) is 90.0 Å². The first-order valence-corrected chi connectivity index (χ1v) is 12.2. The van der Waals surface area contributed by atoms with Gasteiger partial charge in [0.15, 0.2) is 0 Å². The lowest BCUT2D eigenvalue weighted by molar-refractivity contribution is 0.0686. The van der Waals surface area contributed by atoms with Gasteiger partial charge in [-0.1, -0.05) is 36.4 Å². The summed E-state index contributed by atoms with van der Waals surface area (Å²) < 4.78 is 5.17. The molecule has 0 bridgehead atoms. The molecule has 0 aliphatic carbocycles. The van der Waals surface area contributed by atoms with E-state index < -0.39 is 17.9 Å². The molecule has 11 nitrogen and oxygen atoms in total. The number of esters is 1. The molecule has 1 aliphatic heterocycles. The molecule has 0 amide bonds. The van der Waals surface area contributed by atoms with Gasteiger partial charge in [0, 0.05) is 41.5 Å². The monoisotopic (exact) mass is 548 g/mol. The highest BCUT2D eigenvalue weighted by atomic mass is 16.5. The van der Waals surface area contributed by atoms with E-state index in [0.29, 0.717) is 45.8 Å². The molecule has 4 heterocycles. The summed E-state index contributed by atoms with van der Waals surface area (Å²) in [5, 5.41) is 25.7. The van der Waals surface area contributed by atoms with E-state index >= 15 is 0 Å². The summed E-state index contributed by atoms with van der Waals surface area (Å²) in [6, 6.07) is 19.9. The van der Waals surface area contributed by atoms with Crippen LogP contribution in [0.3, 0.4) is 0 Å². The van der Waals surface area contributed by atoms with Gasteiger partial charge >= 0.3 is 17.9 Å². The molecule has 41 heavy (non-hydrogen) atoms. The number of aromatic nitrogens is 4. The van der Waals surface area contributed by atoms with Crippen molar-refractivity contribution in [3.05, 3.63) is 135 Å². The van der Waals surface area contributed by atoms with Crippen molar-refractivity contribution in [2.24, 2.45) is 0 Å². The molecule has 0 saturated heterocycles. The number of pyridine rings is 2. The third kappa shape index (κ3) is 5.88. The van der Waals surface area contributed by atoms with Crippen LogP contribution in [-0.4, -0.2) is 48.3 Å². The Bertz CT molecular complexity index is 1910. The number of hydrogen-bond donors (Lipinski definition) is 3. The third-order valence-corrected chi connectivity index (χ3v) is 6.11. The molecule has 0 spiro atoms. The lowest BCUT2D eigenvalue weighted by Gasteiger charge is -2.05. The lowest BCUT2D eigenvalue weighted by atomic mass is 10.1. The minimum atomic E-state index is -1.03. The number of aromatic amines is 1. The standard InChI is InChI=1S/C15H11N3O3.C15H9NO4/c19-14-12-4-2-1-3-11(12)13(17-18-14)8-10-7-9(15(20)21)5-6-16-10;17-14(18)9-5-6-16-10(7-9)8-13-11-3-1-2-4-12(11)15(19)20-13/h1-7H,8H2,(H,18,19)(H,20,21);1-8H,(H,17,18)/b;13-8-. The second kappa shape index (κ2) is 11.4. The number of carboxylic acids is 2. The predicted octanol–water partition coefficient (Wildman–Crippen LogP) is 4.06. The second-order valence-corrected chi connectivity index (χ2v) is 8.78. The number of H-pyrrole nitrogens is 1. The van der Waals surface area contributed by atoms with Crippen LogP contribution in [0, 0.1) is 0 Å². The largest absolute Gasteiger partial charge is 0.478 e. The van der Waals surface area contributed by atoms with Gasteiger partial charge in [-0.3, -0.25) is 14.8 Å². The van der Waals surface area contributed by atoms with Crippen LogP contribution >= 0.6 is 0 Å². The van der Waals surface area contributed by atoms with E-state index in [-0.39, 0.29) is 16.7 Å². The molecule has 0 unspecified atom stereocenters. The predicted molar refractivity (Wildman–Crippen MR) is 147 cm³/mol. The Morgan fingerprint density at radius 1 is 0.805 bits per heavy atom. The summed E-state index contributed by atoms with van der Waals surface area (Å²) >= 11 is 0. The molecule has 0 radical (unpaired) electrons. The zero-order valence-electron chi connectivity index (χ0n) is 21.1. The van der Waals surface area contributed by atoms with Crippen molar-refractivity contribution in [1.29, 1.82) is 0 Å². The van der Waals surface area contributed by atoms with E-state index in [4.69, 9.17) is 14.9 Å². The summed E-state index contributed by atoms with van der Waals surface area (Å²) in [6.07, 6.45) is 4.75. The van der Waals surface area contributed by atoms with Crippen LogP contribution in [0.2, 0.25) is 0 Å². The average molecular weight is 549 g/mol. The molecular formula is C30H20N4O7. The average Bonchev–Trinajstić information content (AvgIpc) is 3.30. The minimum absolute atomic E-state index is 0.129. The molecule has 1 aliphatic rings. The van der Waals surface area contributed by atoms with Crippen molar-refractivity contribution >= 4 is 40.5 Å². The van der Waals surface area contributed by atoms with Gasteiger partial charge in [0.05, 0.1) is 33.5 Å². The number of ether oxygens (including phenoxy) is 1. The molecule has 6 rings (SSSR count). The molecule has 11 heteroatoms. The van der Waals surface area contributed by atoms with Gasteiger partial charge in [-0.2, -0.15) is 5.10 Å². The molecule has 202 valence electrons. The van der Waals surface area contributed by atoms with Crippen LogP contribution in [0.25, 0.3) is 22.6 Å². The fourth-order valence-electron chi connectivity index (χ4n) is 4.17. The first-order chi connectivity index (χ1) is 19.8. The molecule has 0 fully saturated rings. The van der Waals surface area contributed by atoms with E-state index in [1.807, 2.05) is 12.1 Å². The van der Waals surface area contributed by atoms with Crippen molar-refractivity contribution in [2.45, 2.75) is 6.42 Å². The molecular weight excluding hydrogens is 528 g/mol. The van der Waals surface area contributed by atoms with Crippen molar-refractivity contribution in [1.82, 2.24) is 20.2 Å². The minimum Gasteiger partial charge on any atom is -0.478 e. The SMILES string of the molecule is O=C(O)c1ccnc(/C=C2\OC(=O)c3ccccc32)c1.O=C(O)c1ccnc(Cc2n[nH]c(=O)c3ccccc23)c1. The number of rotatable bonds is 5. The Morgan fingerprint density at radius 3 is 2.17 bits per heavy atom. The molecule has 0 saturated carbocycles. The van der Waals surface area contributed by atoms with Crippen LogP contribution in [-0.2, 0) is 11.2 Å². The van der Waals surface area contributed by atoms with Crippen LogP contribution in [0.5, 0.6) is 0 Å². The highest BCUT2D eigenvalue weighted by molar-refractivity contribution is 6.05. The van der Waals surface area contributed by atoms with Crippen LogP contribution in [0.1, 0.15) is 53.7 Å². The zero-order valence-corrected chi connectivity index (χ0v) is 21.1. The zero-order chi connectivity index (χ0) is 28.9. The Kier molecular flexibility index (Phi) is 7.41. The number of nitrogens with one attached hydrogen (secondary N) is 1. The summed E-state index contributed by atoms with van der Waals surface area (Å²) in [7, 11) is 0. The van der Waals surface area contributed by atoms with Gasteiger partial charge in [0.2, 0.25) is 0 Å². The Labute approximate surface area is 231 Å². The van der Waals surface area contributed by atoms with Crippen molar-refractivity contribution < 1.29 is 29.3 Å². The second-order valence-electron chi connectivity index (χ2n) is 8.78. The molecule has 5 aromatic rings. The van der Waals surface area contributed by atoms with Gasteiger partial charge in [-0.05, 0) is 36.4 Å². The first kappa shape index (κ1) is 26.6. The molecule has 0 atom stereocenters. The normalized spacial score (nSPS) is 12.8. The van der Waals surface area contributed by atoms with Crippen LogP contribution < -0.4 is 5.56 Å². The number of hydrogen-bond acceptors (Lipinski definition) is 8. The van der Waals surface area contributed by atoms with Crippen molar-refractivity contribution in [2.75, 3.05) is 0 Å². The van der Waals surface area contributed by atoms with E-state index in [9.17, 15) is 19.2 Å². The number of aromatic carboxylic acids is 2. The van der Waals surface area contributed by atoms with E-state index in [2.05, 4.69) is 20.2 Å². The maximum Gasteiger partial charge on any atom is 0.344 e. The summed E-state index contributed by atoms with van der Waals surface area (Å²) in [4.78, 5) is 53.5. The Morgan fingerprint density at radius 2 is 1.44 bits per heavy atom. The number of carbonyl (C=O) groups is 3. The quantitative estimate of drug-likeness (QED) is 0.272. The van der Waals surface area contributed by atoms with Crippen LogP contribution in [0.4, 0.5) is 0 Å². The fourth-order valence-corrected chi connectivity index (χ4v) is 4.17. The van der Waals surface area contributed by atoms with E-state index in [0.717, 1.165) is 5.39 Å². The Hall–Kier alpha value is -5.97. The fraction of sp³-hybridized carbons (Fsp3) is 0.0333. The van der Waals surface area contributed by atoms with Crippen molar-refractivity contribution in [3.8, 4) is 0 Å². The third-order valence-electron chi connectivity index (χ3n) is 6.11. The highest BCUT2D eigenvalue weighted by Gasteiger charge is 2.25. The molecule has 3 N–H and O–H groups in total. The number of cyclic esters (lactones) is 1. The Balaban J connectivity index is 0.000000165. The van der Waals surface area contributed by atoms with Gasteiger partial charge < -0.3 is 14.9 Å². The summed E-state index contributed by atoms with van der Waals surface area (Å²) in [6.45, 7) is 0. The summed E-state index contributed by atoms with van der Waals surface area (Å²) in [5.41, 5.74) is 2.89. The van der Waals surface area contributed by atoms with Gasteiger partial charge in [0.1, 0.15) is 5.76 Å². The van der Waals surface area contributed by atoms with Gasteiger partial charge in [-0.15, -0.1) is 0 Å². The maximum atomic E-state index is 11.7. The van der Waals surface area contributed by atoms with E-state index in [1.54, 1.807) is 42.5 Å². The highest BCUT2D eigenvalue weighted by Crippen LogP contribution is 2.30. The number of benzene rings is 2. The van der Waals surface area contributed by atoms with Crippen molar-refractivity contribution in [3.63, 3.8) is 0 Å². The van der Waals surface area contributed by atoms with E-state index in [1.165, 1.54) is 36.7 Å². The smallest absolute Gasteiger partial charge is 0.344 e. The van der Waals surface area contributed by atoms with Gasteiger partial charge in [0.25, 0.3) is 5.56 Å². The number of fused-ring (bicyclic) bond motifs is 2. The van der Waals surface area contributed by atoms with Gasteiger partial charge in [-0.25, -0.2) is 19.5 Å².